The second-order valence-corrected chi connectivity index (χ2v) is 2.58. The van der Waals surface area contributed by atoms with Crippen LogP contribution in [0, 0.1) is 0 Å². The Labute approximate surface area is 81.3 Å². The number of thiocarbonyl (C=S) groups is 1. The first kappa shape index (κ1) is 9.58. The van der Waals surface area contributed by atoms with Crippen molar-refractivity contribution >= 4 is 23.3 Å². The topological polar surface area (TPSA) is 53.2 Å². The molecule has 0 spiro atoms. The molecule has 1 aromatic rings. The fourth-order valence-electron chi connectivity index (χ4n) is 0.973. The highest BCUT2D eigenvalue weighted by molar-refractivity contribution is 7.78. The van der Waals surface area contributed by atoms with Crippen LogP contribution in [0.4, 0.5) is 0 Å². The molecule has 0 aliphatic carbocycles. The van der Waals surface area contributed by atoms with Crippen LogP contribution in [0.1, 0.15) is 11.6 Å². The number of hydrogen-bond acceptors (Lipinski definition) is 3. The molecule has 1 rings (SSSR count). The lowest BCUT2D eigenvalue weighted by atomic mass is 10.1. The molecule has 0 saturated carbocycles. The van der Waals surface area contributed by atoms with E-state index in [9.17, 15) is 4.79 Å². The molecule has 0 saturated heterocycles. The maximum Gasteiger partial charge on any atom is 0.268 e. The Morgan fingerprint density at radius 2 is 2.08 bits per heavy atom. The number of isothiocyanates is 1. The van der Waals surface area contributed by atoms with Crippen molar-refractivity contribution in [2.45, 2.75) is 6.04 Å². The molecule has 3 nitrogen and oxygen atoms in total. The van der Waals surface area contributed by atoms with Crippen molar-refractivity contribution in [3.63, 3.8) is 0 Å². The van der Waals surface area contributed by atoms with Crippen molar-refractivity contribution in [1.82, 2.24) is 5.73 Å². The summed E-state index contributed by atoms with van der Waals surface area (Å²) in [7, 11) is 0. The van der Waals surface area contributed by atoms with Crippen LogP contribution in [0.3, 0.4) is 0 Å². The molecule has 1 amide bonds. The first-order valence-corrected chi connectivity index (χ1v) is 4.04. The van der Waals surface area contributed by atoms with E-state index >= 15 is 0 Å². The van der Waals surface area contributed by atoms with Gasteiger partial charge in [0.15, 0.2) is 6.04 Å². The minimum atomic E-state index is -0.821. The summed E-state index contributed by atoms with van der Waals surface area (Å²) in [6, 6.07) is 8.03. The summed E-state index contributed by atoms with van der Waals surface area (Å²) in [5, 5.41) is 2.12. The van der Waals surface area contributed by atoms with Gasteiger partial charge in [-0.05, 0) is 17.8 Å². The smallest absolute Gasteiger partial charge is 0.268 e. The van der Waals surface area contributed by atoms with E-state index in [0.717, 1.165) is 0 Å². The summed E-state index contributed by atoms with van der Waals surface area (Å²) in [6.07, 6.45) is 0. The molecule has 13 heavy (non-hydrogen) atoms. The number of carbonyl (C=O) groups is 1. The van der Waals surface area contributed by atoms with Crippen molar-refractivity contribution in [1.29, 1.82) is 0 Å². The lowest BCUT2D eigenvalue weighted by Gasteiger charge is -2.04. The lowest BCUT2D eigenvalue weighted by Crippen LogP contribution is -2.10. The number of benzene rings is 1. The highest BCUT2D eigenvalue weighted by atomic mass is 32.1. The molecule has 0 heterocycles. The number of amides is 1. The summed E-state index contributed by atoms with van der Waals surface area (Å²) in [5.74, 6) is -0.774. The maximum atomic E-state index is 10.8. The summed E-state index contributed by atoms with van der Waals surface area (Å²) in [4.78, 5) is 14.4. The molecule has 0 aliphatic rings. The van der Waals surface area contributed by atoms with Crippen LogP contribution >= 0.6 is 12.2 Å². The minimum absolute atomic E-state index is 0.667. The fraction of sp³-hybridized carbons (Fsp3) is 0.111. The first-order valence-electron chi connectivity index (χ1n) is 3.63. The van der Waals surface area contributed by atoms with Gasteiger partial charge in [-0.2, -0.15) is 0 Å². The second kappa shape index (κ2) is 4.50. The zero-order chi connectivity index (χ0) is 9.68. The highest BCUT2D eigenvalue weighted by Crippen LogP contribution is 2.15. The van der Waals surface area contributed by atoms with Gasteiger partial charge >= 0.3 is 0 Å². The molecule has 1 radical (unpaired) electrons. The number of carbonyl (C=O) groups excluding carboxylic acids is 1. The SMILES string of the molecule is [NH]C(=O)C(N=C=S)c1ccccc1. The van der Waals surface area contributed by atoms with E-state index in [1.807, 2.05) is 6.07 Å². The van der Waals surface area contributed by atoms with Gasteiger partial charge < -0.3 is 0 Å². The van der Waals surface area contributed by atoms with Crippen molar-refractivity contribution in [3.8, 4) is 0 Å². The third-order valence-electron chi connectivity index (χ3n) is 1.55. The summed E-state index contributed by atoms with van der Waals surface area (Å²) in [5.41, 5.74) is 7.62. The average Bonchev–Trinajstić information content (AvgIpc) is 2.15. The van der Waals surface area contributed by atoms with Gasteiger partial charge in [0, 0.05) is 0 Å². The third kappa shape index (κ3) is 2.47. The van der Waals surface area contributed by atoms with Gasteiger partial charge in [0.2, 0.25) is 0 Å². The van der Waals surface area contributed by atoms with Crippen molar-refractivity contribution in [2.24, 2.45) is 4.99 Å². The monoisotopic (exact) mass is 191 g/mol. The molecule has 65 valence electrons. The highest BCUT2D eigenvalue weighted by Gasteiger charge is 2.15. The molecular formula is C9H7N2OS. The predicted octanol–water partition coefficient (Wildman–Crippen LogP) is 1.64. The lowest BCUT2D eigenvalue weighted by molar-refractivity contribution is -0.119. The first-order chi connectivity index (χ1) is 6.25. The van der Waals surface area contributed by atoms with E-state index in [2.05, 4.69) is 22.4 Å². The van der Waals surface area contributed by atoms with Gasteiger partial charge in [0.1, 0.15) is 0 Å². The van der Waals surface area contributed by atoms with Gasteiger partial charge in [-0.15, -0.1) is 0 Å². The molecule has 0 aromatic heterocycles. The summed E-state index contributed by atoms with van der Waals surface area (Å²) < 4.78 is 0. The van der Waals surface area contributed by atoms with Crippen LogP contribution in [0.5, 0.6) is 0 Å². The number of rotatable bonds is 3. The predicted molar refractivity (Wildman–Crippen MR) is 52.3 cm³/mol. The van der Waals surface area contributed by atoms with Crippen LogP contribution in [0.25, 0.3) is 0 Å². The summed E-state index contributed by atoms with van der Waals surface area (Å²) >= 11 is 4.40. The molecule has 4 heteroatoms. The Morgan fingerprint density at radius 1 is 1.46 bits per heavy atom. The van der Waals surface area contributed by atoms with Crippen molar-refractivity contribution in [2.75, 3.05) is 0 Å². The Bertz CT molecular complexity index is 342. The van der Waals surface area contributed by atoms with Crippen LogP contribution in [-0.2, 0) is 4.79 Å². The van der Waals surface area contributed by atoms with Gasteiger partial charge in [0.05, 0.1) is 5.16 Å². The molecule has 0 fully saturated rings. The molecule has 1 aromatic carbocycles. The van der Waals surface area contributed by atoms with Crippen LogP contribution in [0.2, 0.25) is 0 Å². The molecule has 0 bridgehead atoms. The average molecular weight is 191 g/mol. The van der Waals surface area contributed by atoms with E-state index in [1.54, 1.807) is 24.3 Å². The molecule has 1 atom stereocenters. The zero-order valence-corrected chi connectivity index (χ0v) is 7.54. The van der Waals surface area contributed by atoms with Crippen LogP contribution in [-0.4, -0.2) is 11.1 Å². The van der Waals surface area contributed by atoms with Crippen LogP contribution < -0.4 is 5.73 Å². The minimum Gasteiger partial charge on any atom is -0.270 e. The van der Waals surface area contributed by atoms with E-state index in [1.165, 1.54) is 0 Å². The normalized spacial score (nSPS) is 11.4. The van der Waals surface area contributed by atoms with E-state index in [4.69, 9.17) is 5.73 Å². The second-order valence-electron chi connectivity index (χ2n) is 2.40. The van der Waals surface area contributed by atoms with Crippen LogP contribution in [0.15, 0.2) is 35.3 Å². The van der Waals surface area contributed by atoms with Gasteiger partial charge in [-0.25, -0.2) is 4.99 Å². The number of nitrogens with one attached hydrogen (secondary N) is 1. The van der Waals surface area contributed by atoms with Gasteiger partial charge in [0.25, 0.3) is 5.91 Å². The van der Waals surface area contributed by atoms with E-state index in [-0.39, 0.29) is 0 Å². The van der Waals surface area contributed by atoms with Crippen molar-refractivity contribution < 1.29 is 4.79 Å². The Balaban J connectivity index is 3.02. The molecule has 0 aliphatic heterocycles. The Kier molecular flexibility index (Phi) is 3.31. The zero-order valence-electron chi connectivity index (χ0n) is 6.73. The fourth-order valence-corrected chi connectivity index (χ4v) is 1.08. The van der Waals surface area contributed by atoms with Crippen molar-refractivity contribution in [3.05, 3.63) is 35.9 Å². The van der Waals surface area contributed by atoms with Gasteiger partial charge in [-0.1, -0.05) is 30.3 Å². The molecule has 1 N–H and O–H groups in total. The number of nitrogens with zero attached hydrogens (tertiary/aromatic N) is 1. The Morgan fingerprint density at radius 3 is 2.54 bits per heavy atom. The molecular weight excluding hydrogens is 184 g/mol. The van der Waals surface area contributed by atoms with E-state index < -0.39 is 11.9 Å². The third-order valence-corrected chi connectivity index (χ3v) is 1.65. The number of hydrogen-bond donors (Lipinski definition) is 0. The number of aliphatic imine (C=N–C) groups is 1. The maximum absolute atomic E-state index is 10.8. The Hall–Kier alpha value is -1.51. The standard InChI is InChI=1S/C9H7N2OS/c10-9(12)8(11-6-13)7-4-2-1-3-5-7/h1-5,8,10H. The van der Waals surface area contributed by atoms with Gasteiger partial charge in [-0.3, -0.25) is 10.5 Å². The summed E-state index contributed by atoms with van der Waals surface area (Å²) in [6.45, 7) is 0. The quantitative estimate of drug-likeness (QED) is 0.538. The van der Waals surface area contributed by atoms with E-state index in [0.29, 0.717) is 5.56 Å². The largest absolute Gasteiger partial charge is 0.270 e. The molecule has 1 unspecified atom stereocenters.